The summed E-state index contributed by atoms with van der Waals surface area (Å²) in [4.78, 5) is 10.6. The van der Waals surface area contributed by atoms with E-state index in [1.165, 1.54) is 25.7 Å². The van der Waals surface area contributed by atoms with Crippen LogP contribution in [0.1, 0.15) is 52.4 Å². The molecule has 0 bridgehead atoms. The molecule has 0 aromatic rings. The van der Waals surface area contributed by atoms with Gasteiger partial charge in [-0.15, -0.1) is 0 Å². The van der Waals surface area contributed by atoms with Crippen molar-refractivity contribution < 1.29 is 9.53 Å². The highest BCUT2D eigenvalue weighted by atomic mass is 16.5. The first-order valence-corrected chi connectivity index (χ1v) is 5.61. The van der Waals surface area contributed by atoms with Gasteiger partial charge in [-0.05, 0) is 19.8 Å². The molecule has 0 aromatic heterocycles. The first-order valence-electron chi connectivity index (χ1n) is 5.61. The fourth-order valence-electron chi connectivity index (χ4n) is 1.27. The third-order valence-electron chi connectivity index (χ3n) is 2.12. The molecule has 0 saturated carbocycles. The Morgan fingerprint density at radius 3 is 2.43 bits per heavy atom. The zero-order chi connectivity index (χ0) is 10.6. The molecule has 0 spiro atoms. The highest BCUT2D eigenvalue weighted by Gasteiger charge is 1.96. The van der Waals surface area contributed by atoms with E-state index in [-0.39, 0.29) is 0 Å². The summed E-state index contributed by atoms with van der Waals surface area (Å²) in [5, 5.41) is 0. The molecule has 0 aliphatic rings. The summed E-state index contributed by atoms with van der Waals surface area (Å²) in [6, 6.07) is 0. The average molecular weight is 198 g/mol. The lowest BCUT2D eigenvalue weighted by molar-refractivity contribution is -0.105. The molecule has 2 heteroatoms. The number of aldehydes is 1. The first-order chi connectivity index (χ1) is 6.85. The van der Waals surface area contributed by atoms with Crippen LogP contribution in [0, 0.1) is 0 Å². The fraction of sp³-hybridized carbons (Fsp3) is 0.750. The number of unbranched alkanes of at least 4 members (excludes halogenated alkanes) is 4. The molecule has 0 N–H and O–H groups in total. The fourth-order valence-corrected chi connectivity index (χ4v) is 1.27. The van der Waals surface area contributed by atoms with Crippen molar-refractivity contribution in [3.05, 3.63) is 11.8 Å². The third-order valence-corrected chi connectivity index (χ3v) is 2.12. The molecule has 0 heterocycles. The second-order valence-corrected chi connectivity index (χ2v) is 3.43. The number of hydrogen-bond donors (Lipinski definition) is 0. The number of allylic oxidation sites excluding steroid dienone is 1. The van der Waals surface area contributed by atoms with Crippen molar-refractivity contribution in [1.82, 2.24) is 0 Å². The Labute approximate surface area is 87.3 Å². The van der Waals surface area contributed by atoms with Crippen LogP contribution in [-0.4, -0.2) is 12.9 Å². The number of ether oxygens (including phenoxy) is 1. The van der Waals surface area contributed by atoms with Crippen LogP contribution in [0.5, 0.6) is 0 Å². The van der Waals surface area contributed by atoms with Crippen LogP contribution in [0.3, 0.4) is 0 Å². The predicted octanol–water partition coefficient (Wildman–Crippen LogP) is 3.47. The van der Waals surface area contributed by atoms with E-state index < -0.39 is 0 Å². The number of hydrogen-bond acceptors (Lipinski definition) is 2. The Kier molecular flexibility index (Phi) is 9.71. The first kappa shape index (κ1) is 13.2. The maximum atomic E-state index is 10.6. The zero-order valence-corrected chi connectivity index (χ0v) is 9.42. The molecule has 0 amide bonds. The lowest BCUT2D eigenvalue weighted by Crippen LogP contribution is -1.89. The Balaban J connectivity index is 3.47. The zero-order valence-electron chi connectivity index (χ0n) is 9.42. The van der Waals surface area contributed by atoms with Crippen molar-refractivity contribution in [2.45, 2.75) is 52.4 Å². The standard InChI is InChI=1S/C12H22O2/c1-3-5-6-7-8-9-12(10-13)11-14-4-2/h10-11H,3-9H2,1-2H3/b12-11-. The van der Waals surface area contributed by atoms with Gasteiger partial charge >= 0.3 is 0 Å². The monoisotopic (exact) mass is 198 g/mol. The number of carbonyl (C=O) groups is 1. The summed E-state index contributed by atoms with van der Waals surface area (Å²) >= 11 is 0. The second-order valence-electron chi connectivity index (χ2n) is 3.43. The minimum atomic E-state index is 0.632. The number of rotatable bonds is 9. The van der Waals surface area contributed by atoms with E-state index >= 15 is 0 Å². The maximum absolute atomic E-state index is 10.6. The van der Waals surface area contributed by atoms with Gasteiger partial charge in [-0.3, -0.25) is 4.79 Å². The van der Waals surface area contributed by atoms with E-state index in [2.05, 4.69) is 6.92 Å². The molecule has 0 saturated heterocycles. The summed E-state index contributed by atoms with van der Waals surface area (Å²) < 4.78 is 5.07. The maximum Gasteiger partial charge on any atom is 0.149 e. The third kappa shape index (κ3) is 7.84. The summed E-state index contributed by atoms with van der Waals surface area (Å²) in [5.41, 5.74) is 0.781. The van der Waals surface area contributed by atoms with Gasteiger partial charge in [0.1, 0.15) is 6.29 Å². The smallest absolute Gasteiger partial charge is 0.149 e. The van der Waals surface area contributed by atoms with Crippen LogP contribution in [0.15, 0.2) is 11.8 Å². The molecule has 0 atom stereocenters. The molecule has 82 valence electrons. The lowest BCUT2D eigenvalue weighted by atomic mass is 10.1. The second kappa shape index (κ2) is 10.3. The normalized spacial score (nSPS) is 11.4. The molecule has 2 nitrogen and oxygen atoms in total. The Morgan fingerprint density at radius 1 is 1.14 bits per heavy atom. The summed E-state index contributed by atoms with van der Waals surface area (Å²) in [5.74, 6) is 0. The van der Waals surface area contributed by atoms with Crippen molar-refractivity contribution in [3.8, 4) is 0 Å². The molecule has 0 aliphatic carbocycles. The van der Waals surface area contributed by atoms with E-state index in [4.69, 9.17) is 4.74 Å². The number of carbonyl (C=O) groups excluding carboxylic acids is 1. The van der Waals surface area contributed by atoms with E-state index in [1.807, 2.05) is 6.92 Å². The van der Waals surface area contributed by atoms with Crippen LogP contribution in [0.4, 0.5) is 0 Å². The van der Waals surface area contributed by atoms with Gasteiger partial charge in [-0.25, -0.2) is 0 Å². The van der Waals surface area contributed by atoms with Gasteiger partial charge in [0.2, 0.25) is 0 Å². The van der Waals surface area contributed by atoms with E-state index in [0.29, 0.717) is 6.61 Å². The largest absolute Gasteiger partial charge is 0.501 e. The molecule has 0 aromatic carbocycles. The van der Waals surface area contributed by atoms with Crippen molar-refractivity contribution in [2.75, 3.05) is 6.61 Å². The minimum Gasteiger partial charge on any atom is -0.501 e. The van der Waals surface area contributed by atoms with E-state index in [0.717, 1.165) is 24.7 Å². The molecule has 0 aliphatic heterocycles. The van der Waals surface area contributed by atoms with Crippen molar-refractivity contribution in [3.63, 3.8) is 0 Å². The van der Waals surface area contributed by atoms with Crippen molar-refractivity contribution in [1.29, 1.82) is 0 Å². The summed E-state index contributed by atoms with van der Waals surface area (Å²) in [7, 11) is 0. The van der Waals surface area contributed by atoms with Crippen LogP contribution in [0.2, 0.25) is 0 Å². The van der Waals surface area contributed by atoms with Gasteiger partial charge in [0.15, 0.2) is 0 Å². The summed E-state index contributed by atoms with van der Waals surface area (Å²) in [6.45, 7) is 4.75. The average Bonchev–Trinajstić information content (AvgIpc) is 2.22. The van der Waals surface area contributed by atoms with Crippen LogP contribution in [0.25, 0.3) is 0 Å². The molecule has 0 rings (SSSR count). The van der Waals surface area contributed by atoms with Gasteiger partial charge in [0.25, 0.3) is 0 Å². The highest BCUT2D eigenvalue weighted by molar-refractivity contribution is 5.72. The molecule has 0 radical (unpaired) electrons. The van der Waals surface area contributed by atoms with E-state index in [9.17, 15) is 4.79 Å². The predicted molar refractivity (Wildman–Crippen MR) is 59.1 cm³/mol. The van der Waals surface area contributed by atoms with Gasteiger partial charge in [-0.1, -0.05) is 32.6 Å². The molecule has 0 unspecified atom stereocenters. The van der Waals surface area contributed by atoms with Crippen LogP contribution >= 0.6 is 0 Å². The van der Waals surface area contributed by atoms with Gasteiger partial charge in [0.05, 0.1) is 12.9 Å². The van der Waals surface area contributed by atoms with Crippen LogP contribution in [-0.2, 0) is 9.53 Å². The Hall–Kier alpha value is -0.790. The highest BCUT2D eigenvalue weighted by Crippen LogP contribution is 2.09. The molecular formula is C12H22O2. The Bertz CT molecular complexity index is 162. The molecular weight excluding hydrogens is 176 g/mol. The summed E-state index contributed by atoms with van der Waals surface area (Å²) in [6.07, 6.45) is 9.48. The minimum absolute atomic E-state index is 0.632. The van der Waals surface area contributed by atoms with Gasteiger partial charge < -0.3 is 4.74 Å². The lowest BCUT2D eigenvalue weighted by Gasteiger charge is -2.01. The van der Waals surface area contributed by atoms with Gasteiger partial charge in [0, 0.05) is 5.57 Å². The Morgan fingerprint density at radius 2 is 1.86 bits per heavy atom. The molecule has 0 fully saturated rings. The quantitative estimate of drug-likeness (QED) is 0.245. The topological polar surface area (TPSA) is 26.3 Å². The molecule has 14 heavy (non-hydrogen) atoms. The van der Waals surface area contributed by atoms with Gasteiger partial charge in [-0.2, -0.15) is 0 Å². The van der Waals surface area contributed by atoms with Crippen molar-refractivity contribution in [2.24, 2.45) is 0 Å². The SMILES string of the molecule is CCCCCCC/C(C=O)=C/OCC. The van der Waals surface area contributed by atoms with Crippen molar-refractivity contribution >= 4 is 6.29 Å². The van der Waals surface area contributed by atoms with E-state index in [1.54, 1.807) is 6.26 Å². The van der Waals surface area contributed by atoms with Crippen LogP contribution < -0.4 is 0 Å².